The van der Waals surface area contributed by atoms with Crippen LogP contribution in [-0.2, 0) is 0 Å². The predicted molar refractivity (Wildman–Crippen MR) is 86.1 cm³/mol. The van der Waals surface area contributed by atoms with E-state index in [1.165, 1.54) is 0 Å². The fraction of sp³-hybridized carbons (Fsp3) is 0.235. The van der Waals surface area contributed by atoms with Crippen molar-refractivity contribution in [2.75, 3.05) is 17.3 Å². The van der Waals surface area contributed by atoms with Crippen LogP contribution in [0, 0.1) is 0 Å². The molecule has 0 saturated heterocycles. The van der Waals surface area contributed by atoms with Crippen molar-refractivity contribution in [3.8, 4) is 5.75 Å². The molecule has 4 heteroatoms. The minimum absolute atomic E-state index is 0.134. The minimum Gasteiger partial charge on any atom is -0.491 e. The average molecular weight is 284 g/mol. The van der Waals surface area contributed by atoms with Crippen LogP contribution in [0.25, 0.3) is 0 Å². The monoisotopic (exact) mass is 284 g/mol. The highest BCUT2D eigenvalue weighted by atomic mass is 16.5. The number of urea groups is 1. The van der Waals surface area contributed by atoms with E-state index >= 15 is 0 Å². The first-order valence-electron chi connectivity index (χ1n) is 6.93. The lowest BCUT2D eigenvalue weighted by Crippen LogP contribution is -2.31. The smallest absolute Gasteiger partial charge is 0.326 e. The molecular formula is C17H20N2O2. The summed E-state index contributed by atoms with van der Waals surface area (Å²) >= 11 is 0. The van der Waals surface area contributed by atoms with Gasteiger partial charge in [-0.25, -0.2) is 4.79 Å². The van der Waals surface area contributed by atoms with Crippen molar-refractivity contribution in [3.63, 3.8) is 0 Å². The second-order valence-electron chi connectivity index (χ2n) is 5.02. The van der Waals surface area contributed by atoms with E-state index in [4.69, 9.17) is 4.74 Å². The lowest BCUT2D eigenvalue weighted by atomic mass is 10.3. The summed E-state index contributed by atoms with van der Waals surface area (Å²) in [5.41, 5.74) is 1.58. The Bertz CT molecular complexity index is 579. The molecule has 2 aromatic carbocycles. The van der Waals surface area contributed by atoms with E-state index in [-0.39, 0.29) is 12.1 Å². The van der Waals surface area contributed by atoms with Crippen LogP contribution < -0.4 is 15.0 Å². The van der Waals surface area contributed by atoms with E-state index in [1.807, 2.05) is 68.4 Å². The van der Waals surface area contributed by atoms with Gasteiger partial charge in [0.05, 0.1) is 6.10 Å². The second kappa shape index (κ2) is 6.79. The van der Waals surface area contributed by atoms with Crippen LogP contribution in [0.4, 0.5) is 16.2 Å². The molecule has 110 valence electrons. The van der Waals surface area contributed by atoms with Crippen molar-refractivity contribution in [3.05, 3.63) is 54.6 Å². The summed E-state index contributed by atoms with van der Waals surface area (Å²) in [6.45, 7) is 3.95. The Morgan fingerprint density at radius 3 is 2.24 bits per heavy atom. The third kappa shape index (κ3) is 4.24. The number of ether oxygens (including phenoxy) is 1. The molecular weight excluding hydrogens is 264 g/mol. The Hall–Kier alpha value is -2.49. The summed E-state index contributed by atoms with van der Waals surface area (Å²) in [7, 11) is 1.74. The maximum atomic E-state index is 12.2. The first-order chi connectivity index (χ1) is 10.1. The SMILES string of the molecule is CC(C)Oc1ccc(NC(=O)N(C)c2ccccc2)cc1. The Morgan fingerprint density at radius 1 is 1.05 bits per heavy atom. The third-order valence-electron chi connectivity index (χ3n) is 2.93. The van der Waals surface area contributed by atoms with Gasteiger partial charge >= 0.3 is 6.03 Å². The Morgan fingerprint density at radius 2 is 1.67 bits per heavy atom. The summed E-state index contributed by atoms with van der Waals surface area (Å²) in [6.07, 6.45) is 0.134. The lowest BCUT2D eigenvalue weighted by molar-refractivity contribution is 0.242. The summed E-state index contributed by atoms with van der Waals surface area (Å²) < 4.78 is 5.57. The van der Waals surface area contributed by atoms with Crippen molar-refractivity contribution in [2.24, 2.45) is 0 Å². The van der Waals surface area contributed by atoms with Crippen LogP contribution in [-0.4, -0.2) is 19.2 Å². The van der Waals surface area contributed by atoms with E-state index < -0.39 is 0 Å². The summed E-state index contributed by atoms with van der Waals surface area (Å²) in [5.74, 6) is 0.791. The number of rotatable bonds is 4. The lowest BCUT2D eigenvalue weighted by Gasteiger charge is -2.18. The van der Waals surface area contributed by atoms with E-state index in [9.17, 15) is 4.79 Å². The molecule has 0 spiro atoms. The van der Waals surface area contributed by atoms with Crippen LogP contribution in [0.3, 0.4) is 0 Å². The van der Waals surface area contributed by atoms with E-state index in [1.54, 1.807) is 11.9 Å². The van der Waals surface area contributed by atoms with Crippen molar-refractivity contribution in [1.29, 1.82) is 0 Å². The van der Waals surface area contributed by atoms with E-state index in [0.717, 1.165) is 17.1 Å². The number of nitrogens with one attached hydrogen (secondary N) is 1. The number of carbonyl (C=O) groups excluding carboxylic acids is 1. The highest BCUT2D eigenvalue weighted by Gasteiger charge is 2.10. The fourth-order valence-corrected chi connectivity index (χ4v) is 1.87. The van der Waals surface area contributed by atoms with Crippen LogP contribution in [0.2, 0.25) is 0 Å². The van der Waals surface area contributed by atoms with Gasteiger partial charge in [-0.05, 0) is 50.2 Å². The zero-order valence-electron chi connectivity index (χ0n) is 12.5. The van der Waals surface area contributed by atoms with Crippen LogP contribution >= 0.6 is 0 Å². The maximum Gasteiger partial charge on any atom is 0.326 e. The molecule has 21 heavy (non-hydrogen) atoms. The predicted octanol–water partition coefficient (Wildman–Crippen LogP) is 4.14. The number of amides is 2. The van der Waals surface area contributed by atoms with Gasteiger partial charge in [-0.3, -0.25) is 4.90 Å². The third-order valence-corrected chi connectivity index (χ3v) is 2.93. The molecule has 0 radical (unpaired) electrons. The molecule has 2 amide bonds. The topological polar surface area (TPSA) is 41.6 Å². The molecule has 0 bridgehead atoms. The number of hydrogen-bond acceptors (Lipinski definition) is 2. The van der Waals surface area contributed by atoms with Crippen molar-refractivity contribution in [1.82, 2.24) is 0 Å². The largest absolute Gasteiger partial charge is 0.491 e. The number of para-hydroxylation sites is 1. The summed E-state index contributed by atoms with van der Waals surface area (Å²) in [6, 6.07) is 16.7. The number of carbonyl (C=O) groups is 1. The van der Waals surface area contributed by atoms with Gasteiger partial charge in [0.15, 0.2) is 0 Å². The standard InChI is InChI=1S/C17H20N2O2/c1-13(2)21-16-11-9-14(10-12-16)18-17(20)19(3)15-7-5-4-6-8-15/h4-13H,1-3H3,(H,18,20). The van der Waals surface area contributed by atoms with Crippen LogP contribution in [0.1, 0.15) is 13.8 Å². The van der Waals surface area contributed by atoms with Gasteiger partial charge < -0.3 is 10.1 Å². The van der Waals surface area contributed by atoms with E-state index in [2.05, 4.69) is 5.32 Å². The molecule has 0 aliphatic rings. The molecule has 0 saturated carbocycles. The maximum absolute atomic E-state index is 12.2. The number of nitrogens with zero attached hydrogens (tertiary/aromatic N) is 1. The molecule has 1 N–H and O–H groups in total. The van der Waals surface area contributed by atoms with Crippen molar-refractivity contribution in [2.45, 2.75) is 20.0 Å². The van der Waals surface area contributed by atoms with Crippen LogP contribution in [0.5, 0.6) is 5.75 Å². The average Bonchev–Trinajstić information content (AvgIpc) is 2.49. The van der Waals surface area contributed by atoms with Gasteiger partial charge in [-0.15, -0.1) is 0 Å². The second-order valence-corrected chi connectivity index (χ2v) is 5.02. The Kier molecular flexibility index (Phi) is 4.82. The summed E-state index contributed by atoms with van der Waals surface area (Å²) in [4.78, 5) is 13.7. The quantitative estimate of drug-likeness (QED) is 0.916. The highest BCUT2D eigenvalue weighted by molar-refractivity contribution is 6.01. The van der Waals surface area contributed by atoms with Gasteiger partial charge in [0.1, 0.15) is 5.75 Å². The van der Waals surface area contributed by atoms with Gasteiger partial charge in [0.25, 0.3) is 0 Å². The zero-order valence-corrected chi connectivity index (χ0v) is 12.5. The molecule has 4 nitrogen and oxygen atoms in total. The van der Waals surface area contributed by atoms with E-state index in [0.29, 0.717) is 0 Å². The van der Waals surface area contributed by atoms with Crippen molar-refractivity contribution >= 4 is 17.4 Å². The molecule has 0 aliphatic heterocycles. The number of hydrogen-bond donors (Lipinski definition) is 1. The van der Waals surface area contributed by atoms with Gasteiger partial charge in [-0.2, -0.15) is 0 Å². The normalized spacial score (nSPS) is 10.3. The molecule has 0 aliphatic carbocycles. The van der Waals surface area contributed by atoms with Crippen LogP contribution in [0.15, 0.2) is 54.6 Å². The molecule has 0 atom stereocenters. The molecule has 0 heterocycles. The Labute approximate surface area is 125 Å². The first-order valence-corrected chi connectivity index (χ1v) is 6.93. The Balaban J connectivity index is 1.99. The van der Waals surface area contributed by atoms with Gasteiger partial charge in [0, 0.05) is 18.4 Å². The molecule has 0 aromatic heterocycles. The van der Waals surface area contributed by atoms with Crippen molar-refractivity contribution < 1.29 is 9.53 Å². The first kappa shape index (κ1) is 14.9. The highest BCUT2D eigenvalue weighted by Crippen LogP contribution is 2.18. The molecule has 0 fully saturated rings. The number of benzene rings is 2. The minimum atomic E-state index is -0.182. The molecule has 2 aromatic rings. The van der Waals surface area contributed by atoms with Gasteiger partial charge in [-0.1, -0.05) is 18.2 Å². The van der Waals surface area contributed by atoms with Gasteiger partial charge in [0.2, 0.25) is 0 Å². The number of anilines is 2. The fourth-order valence-electron chi connectivity index (χ4n) is 1.87. The molecule has 2 rings (SSSR count). The molecule has 0 unspecified atom stereocenters. The zero-order chi connectivity index (χ0) is 15.2. The summed E-state index contributed by atoms with van der Waals surface area (Å²) in [5, 5.41) is 2.85.